The molecule has 2 aliphatic rings. The smallest absolute Gasteiger partial charge is 0.304 e. The molecule has 0 amide bonds. The van der Waals surface area contributed by atoms with Gasteiger partial charge < -0.3 is 16.2 Å². The number of aliphatic carboxylic acids is 1. The molecule has 0 saturated heterocycles. The van der Waals surface area contributed by atoms with Gasteiger partial charge in [-0.1, -0.05) is 45.0 Å². The Morgan fingerprint density at radius 3 is 2.17 bits per heavy atom. The number of hydrogen-bond donors (Lipinski definition) is 3. The number of carboxylic acid groups (broad SMARTS) is 1. The molecule has 2 fully saturated rings. The van der Waals surface area contributed by atoms with Crippen molar-refractivity contribution in [3.8, 4) is 0 Å². The molecule has 2 unspecified atom stereocenters. The van der Waals surface area contributed by atoms with Crippen LogP contribution in [0.1, 0.15) is 81.6 Å². The van der Waals surface area contributed by atoms with Gasteiger partial charge in [0.25, 0.3) is 0 Å². The molecule has 0 bridgehead atoms. The van der Waals surface area contributed by atoms with E-state index < -0.39 is 12.0 Å². The largest absolute Gasteiger partial charge is 0.481 e. The third-order valence-corrected chi connectivity index (χ3v) is 7.09. The van der Waals surface area contributed by atoms with Crippen LogP contribution in [0.25, 0.3) is 0 Å². The van der Waals surface area contributed by atoms with Crippen molar-refractivity contribution in [1.82, 2.24) is 5.32 Å². The predicted octanol–water partition coefficient (Wildman–Crippen LogP) is 4.39. The van der Waals surface area contributed by atoms with Gasteiger partial charge in [-0.3, -0.25) is 9.59 Å². The summed E-state index contributed by atoms with van der Waals surface area (Å²) in [5, 5.41) is 12.7. The molecule has 0 radical (unpaired) electrons. The first-order valence-corrected chi connectivity index (χ1v) is 11.5. The topological polar surface area (TPSA) is 92.4 Å². The fourth-order valence-corrected chi connectivity index (χ4v) is 4.95. The van der Waals surface area contributed by atoms with Crippen LogP contribution in [0.4, 0.5) is 0 Å². The Bertz CT molecular complexity index is 726. The molecule has 166 valence electrons. The van der Waals surface area contributed by atoms with Gasteiger partial charge in [0, 0.05) is 30.1 Å². The van der Waals surface area contributed by atoms with Gasteiger partial charge in [0.1, 0.15) is 0 Å². The summed E-state index contributed by atoms with van der Waals surface area (Å²) in [4.78, 5) is 24.0. The summed E-state index contributed by atoms with van der Waals surface area (Å²) in [5.41, 5.74) is 8.29. The van der Waals surface area contributed by atoms with Crippen molar-refractivity contribution in [2.24, 2.45) is 28.9 Å². The number of ketones is 1. The van der Waals surface area contributed by atoms with Crippen LogP contribution >= 0.6 is 0 Å². The van der Waals surface area contributed by atoms with Gasteiger partial charge in [-0.05, 0) is 61.3 Å². The Hall–Kier alpha value is -1.72. The lowest BCUT2D eigenvalue weighted by Gasteiger charge is -2.37. The van der Waals surface area contributed by atoms with Crippen molar-refractivity contribution >= 4 is 11.8 Å². The van der Waals surface area contributed by atoms with Gasteiger partial charge in [-0.15, -0.1) is 0 Å². The highest BCUT2D eigenvalue weighted by atomic mass is 16.4. The Balaban J connectivity index is 1.52. The molecular weight excluding hydrogens is 376 g/mol. The van der Waals surface area contributed by atoms with Crippen molar-refractivity contribution in [1.29, 1.82) is 0 Å². The van der Waals surface area contributed by atoms with Crippen LogP contribution in [0.5, 0.6) is 0 Å². The normalized spacial score (nSPS) is 24.3. The minimum Gasteiger partial charge on any atom is -0.481 e. The van der Waals surface area contributed by atoms with E-state index in [2.05, 4.69) is 26.1 Å². The predicted molar refractivity (Wildman–Crippen MR) is 119 cm³/mol. The highest BCUT2D eigenvalue weighted by Crippen LogP contribution is 2.40. The SMILES string of the molecule is CC(C)(C)C1CCC(NCc2ccc(C(=O)C(C(N)CC(=O)O)C3CC3)cc2)CC1. The molecule has 4 N–H and O–H groups in total. The van der Waals surface area contributed by atoms with Crippen LogP contribution in [0.15, 0.2) is 24.3 Å². The first kappa shape index (κ1) is 23.0. The summed E-state index contributed by atoms with van der Waals surface area (Å²) in [6, 6.07) is 7.71. The van der Waals surface area contributed by atoms with E-state index in [4.69, 9.17) is 10.8 Å². The summed E-state index contributed by atoms with van der Waals surface area (Å²) in [6.45, 7) is 7.84. The Kier molecular flexibility index (Phi) is 7.35. The monoisotopic (exact) mass is 414 g/mol. The lowest BCUT2D eigenvalue weighted by atomic mass is 9.71. The molecule has 3 rings (SSSR count). The number of nitrogens with two attached hydrogens (primary N) is 1. The minimum atomic E-state index is -0.945. The molecule has 5 heteroatoms. The van der Waals surface area contributed by atoms with Gasteiger partial charge in [-0.25, -0.2) is 0 Å². The molecular formula is C25H38N2O3. The number of nitrogens with one attached hydrogen (secondary N) is 1. The Morgan fingerprint density at radius 1 is 1.07 bits per heavy atom. The van der Waals surface area contributed by atoms with Crippen molar-refractivity contribution in [2.75, 3.05) is 0 Å². The van der Waals surface area contributed by atoms with E-state index in [9.17, 15) is 9.59 Å². The standard InChI is InChI=1S/C25H38N2O3/c1-25(2,3)19-10-12-20(13-11-19)27-15-16-4-6-18(7-5-16)24(30)23(17-8-9-17)21(26)14-22(28)29/h4-7,17,19-21,23,27H,8-15,26H2,1-3H3,(H,28,29). The molecule has 2 aliphatic carbocycles. The Morgan fingerprint density at radius 2 is 1.67 bits per heavy atom. The molecule has 0 aromatic heterocycles. The summed E-state index contributed by atoms with van der Waals surface area (Å²) < 4.78 is 0. The van der Waals surface area contributed by atoms with Crippen LogP contribution in [0.2, 0.25) is 0 Å². The maximum atomic E-state index is 13.0. The molecule has 5 nitrogen and oxygen atoms in total. The zero-order valence-corrected chi connectivity index (χ0v) is 18.7. The Labute approximate surface area is 180 Å². The van der Waals surface area contributed by atoms with Crippen LogP contribution in [-0.4, -0.2) is 28.9 Å². The van der Waals surface area contributed by atoms with E-state index in [-0.39, 0.29) is 24.0 Å². The van der Waals surface area contributed by atoms with Crippen LogP contribution in [0.3, 0.4) is 0 Å². The minimum absolute atomic E-state index is 0.00809. The number of benzene rings is 1. The van der Waals surface area contributed by atoms with E-state index in [1.54, 1.807) is 0 Å². The van der Waals surface area contributed by atoms with Gasteiger partial charge in [-0.2, -0.15) is 0 Å². The van der Waals surface area contributed by atoms with Crippen LogP contribution in [-0.2, 0) is 11.3 Å². The molecule has 2 saturated carbocycles. The molecule has 1 aromatic rings. The van der Waals surface area contributed by atoms with Crippen molar-refractivity contribution in [3.05, 3.63) is 35.4 Å². The fourth-order valence-electron chi connectivity index (χ4n) is 4.95. The zero-order valence-electron chi connectivity index (χ0n) is 18.7. The third-order valence-electron chi connectivity index (χ3n) is 7.09. The van der Waals surface area contributed by atoms with Crippen molar-refractivity contribution in [3.63, 3.8) is 0 Å². The summed E-state index contributed by atoms with van der Waals surface area (Å²) >= 11 is 0. The highest BCUT2D eigenvalue weighted by Gasteiger charge is 2.40. The lowest BCUT2D eigenvalue weighted by Crippen LogP contribution is -2.38. The number of rotatable bonds is 9. The molecule has 30 heavy (non-hydrogen) atoms. The summed E-state index contributed by atoms with van der Waals surface area (Å²) in [7, 11) is 0. The number of carbonyl (C=O) groups is 2. The van der Waals surface area contributed by atoms with Crippen molar-refractivity contribution < 1.29 is 14.7 Å². The van der Waals surface area contributed by atoms with E-state index in [0.29, 0.717) is 17.0 Å². The van der Waals surface area contributed by atoms with Crippen LogP contribution < -0.4 is 11.1 Å². The number of carbonyl (C=O) groups excluding carboxylic acids is 1. The van der Waals surface area contributed by atoms with Gasteiger partial charge in [0.2, 0.25) is 0 Å². The fraction of sp³-hybridized carbons (Fsp3) is 0.680. The maximum Gasteiger partial charge on any atom is 0.304 e. The van der Waals surface area contributed by atoms with Gasteiger partial charge in [0.05, 0.1) is 6.42 Å². The summed E-state index contributed by atoms with van der Waals surface area (Å²) in [6.07, 6.45) is 6.78. The van der Waals surface area contributed by atoms with Crippen LogP contribution in [0, 0.1) is 23.2 Å². The van der Waals surface area contributed by atoms with E-state index in [0.717, 1.165) is 25.3 Å². The second-order valence-corrected chi connectivity index (χ2v) is 10.5. The number of carboxylic acids is 1. The zero-order chi connectivity index (χ0) is 21.9. The van der Waals surface area contributed by atoms with E-state index >= 15 is 0 Å². The maximum absolute atomic E-state index is 13.0. The van der Waals surface area contributed by atoms with Crippen molar-refractivity contribution in [2.45, 2.75) is 84.3 Å². The average Bonchev–Trinajstić information content (AvgIpc) is 3.51. The molecule has 0 spiro atoms. The lowest BCUT2D eigenvalue weighted by molar-refractivity contribution is -0.137. The number of hydrogen-bond acceptors (Lipinski definition) is 4. The second-order valence-electron chi connectivity index (χ2n) is 10.5. The number of Topliss-reactive ketones (excluding diaryl/α,β-unsaturated/α-hetero) is 1. The quantitative estimate of drug-likeness (QED) is 0.521. The highest BCUT2D eigenvalue weighted by molar-refractivity contribution is 5.99. The van der Waals surface area contributed by atoms with Gasteiger partial charge in [0.15, 0.2) is 5.78 Å². The molecule has 1 aromatic carbocycles. The summed E-state index contributed by atoms with van der Waals surface area (Å²) in [5.74, 6) is -0.294. The van der Waals surface area contributed by atoms with Gasteiger partial charge >= 0.3 is 5.97 Å². The second kappa shape index (κ2) is 9.61. The molecule has 2 atom stereocenters. The average molecular weight is 415 g/mol. The molecule has 0 aliphatic heterocycles. The first-order valence-electron chi connectivity index (χ1n) is 11.5. The van der Waals surface area contributed by atoms with E-state index in [1.165, 1.54) is 31.2 Å². The van der Waals surface area contributed by atoms with E-state index in [1.807, 2.05) is 24.3 Å². The molecule has 0 heterocycles. The third kappa shape index (κ3) is 6.14. The first-order chi connectivity index (χ1) is 14.1.